The quantitative estimate of drug-likeness (QED) is 0.893. The molecule has 1 atom stereocenters. The first kappa shape index (κ1) is 13.8. The third kappa shape index (κ3) is 2.86. The van der Waals surface area contributed by atoms with Crippen molar-refractivity contribution in [3.63, 3.8) is 0 Å². The molecule has 1 fully saturated rings. The van der Waals surface area contributed by atoms with Gasteiger partial charge in [0.25, 0.3) is 5.91 Å². The molecule has 2 heterocycles. The number of nitrogens with zero attached hydrogens (tertiary/aromatic N) is 2. The van der Waals surface area contributed by atoms with Gasteiger partial charge in [0.1, 0.15) is 5.69 Å². The number of rotatable bonds is 2. The number of halogens is 3. The lowest BCUT2D eigenvalue weighted by molar-refractivity contribution is -0.137. The fraction of sp³-hybridized carbons (Fsp3) is 0.500. The normalized spacial score (nSPS) is 19.8. The van der Waals surface area contributed by atoms with E-state index >= 15 is 0 Å². The molecule has 1 N–H and O–H groups in total. The van der Waals surface area contributed by atoms with Crippen LogP contribution in [-0.2, 0) is 6.18 Å². The van der Waals surface area contributed by atoms with E-state index in [9.17, 15) is 18.0 Å². The van der Waals surface area contributed by atoms with Gasteiger partial charge in [-0.05, 0) is 25.0 Å². The molecule has 19 heavy (non-hydrogen) atoms. The second kappa shape index (κ2) is 5.16. The van der Waals surface area contributed by atoms with Crippen LogP contribution in [0.2, 0.25) is 0 Å². The smallest absolute Gasteiger partial charge is 0.394 e. The van der Waals surface area contributed by atoms with E-state index in [4.69, 9.17) is 5.11 Å². The van der Waals surface area contributed by atoms with Crippen LogP contribution in [-0.4, -0.2) is 40.1 Å². The van der Waals surface area contributed by atoms with Gasteiger partial charge in [-0.1, -0.05) is 0 Å². The molecule has 1 aliphatic heterocycles. The number of carbonyl (C=O) groups is 1. The molecule has 0 saturated carbocycles. The molecule has 0 spiro atoms. The summed E-state index contributed by atoms with van der Waals surface area (Å²) in [6.07, 6.45) is -2.34. The van der Waals surface area contributed by atoms with Gasteiger partial charge in [-0.15, -0.1) is 0 Å². The summed E-state index contributed by atoms with van der Waals surface area (Å²) in [5.74, 6) is -0.440. The van der Waals surface area contributed by atoms with E-state index in [1.165, 1.54) is 4.90 Å². The van der Waals surface area contributed by atoms with Crippen molar-refractivity contribution < 1.29 is 23.1 Å². The standard InChI is InChI=1S/C12H13F3N2O2/c13-12(14,15)8-3-4-10(16-6-8)11(19)17-5-1-2-9(17)7-18/h3-4,6,9,18H,1-2,5,7H2/t9-/m1/s1. The predicted molar refractivity (Wildman–Crippen MR) is 60.4 cm³/mol. The Morgan fingerprint density at radius 3 is 2.74 bits per heavy atom. The van der Waals surface area contributed by atoms with Crippen molar-refractivity contribution in [2.24, 2.45) is 0 Å². The summed E-state index contributed by atoms with van der Waals surface area (Å²) in [5, 5.41) is 9.12. The zero-order valence-corrected chi connectivity index (χ0v) is 10.0. The summed E-state index contributed by atoms with van der Waals surface area (Å²) in [4.78, 5) is 17.1. The highest BCUT2D eigenvalue weighted by Crippen LogP contribution is 2.28. The SMILES string of the molecule is O=C(c1ccc(C(F)(F)F)cn1)N1CCC[C@@H]1CO. The maximum Gasteiger partial charge on any atom is 0.417 e. The van der Waals surface area contributed by atoms with Gasteiger partial charge >= 0.3 is 6.18 Å². The Morgan fingerprint density at radius 2 is 2.21 bits per heavy atom. The van der Waals surface area contributed by atoms with Crippen molar-refractivity contribution in [2.45, 2.75) is 25.1 Å². The first-order valence-corrected chi connectivity index (χ1v) is 5.88. The molecular weight excluding hydrogens is 261 g/mol. The lowest BCUT2D eigenvalue weighted by Gasteiger charge is -2.22. The van der Waals surface area contributed by atoms with Gasteiger partial charge in [0, 0.05) is 12.7 Å². The largest absolute Gasteiger partial charge is 0.417 e. The number of likely N-dealkylation sites (tertiary alicyclic amines) is 1. The average Bonchev–Trinajstić information content (AvgIpc) is 2.85. The number of carbonyl (C=O) groups excluding carboxylic acids is 1. The molecule has 2 rings (SSSR count). The third-order valence-corrected chi connectivity index (χ3v) is 3.16. The Bertz CT molecular complexity index is 459. The minimum Gasteiger partial charge on any atom is -0.394 e. The summed E-state index contributed by atoms with van der Waals surface area (Å²) in [7, 11) is 0. The molecule has 0 radical (unpaired) electrons. The Morgan fingerprint density at radius 1 is 1.47 bits per heavy atom. The number of amides is 1. The van der Waals surface area contributed by atoms with Gasteiger partial charge in [-0.3, -0.25) is 9.78 Å². The summed E-state index contributed by atoms with van der Waals surface area (Å²) in [5.41, 5.74) is -0.919. The zero-order chi connectivity index (χ0) is 14.0. The van der Waals surface area contributed by atoms with E-state index in [1.54, 1.807) is 0 Å². The van der Waals surface area contributed by atoms with Crippen molar-refractivity contribution in [3.8, 4) is 0 Å². The monoisotopic (exact) mass is 274 g/mol. The number of aromatic nitrogens is 1. The van der Waals surface area contributed by atoms with Crippen LogP contribution in [0.5, 0.6) is 0 Å². The van der Waals surface area contributed by atoms with E-state index in [0.717, 1.165) is 18.6 Å². The number of pyridine rings is 1. The fourth-order valence-electron chi connectivity index (χ4n) is 2.13. The molecule has 0 unspecified atom stereocenters. The summed E-state index contributed by atoms with van der Waals surface area (Å²) in [6.45, 7) is 0.346. The molecule has 1 aromatic heterocycles. The van der Waals surface area contributed by atoms with Crippen molar-refractivity contribution in [2.75, 3.05) is 13.2 Å². The van der Waals surface area contributed by atoms with Crippen LogP contribution in [0.25, 0.3) is 0 Å². The van der Waals surface area contributed by atoms with Gasteiger partial charge in [0.2, 0.25) is 0 Å². The maximum absolute atomic E-state index is 12.4. The van der Waals surface area contributed by atoms with E-state index in [2.05, 4.69) is 4.98 Å². The van der Waals surface area contributed by atoms with Crippen LogP contribution in [0.15, 0.2) is 18.3 Å². The lowest BCUT2D eigenvalue weighted by Crippen LogP contribution is -2.38. The molecule has 1 amide bonds. The summed E-state index contributed by atoms with van der Waals surface area (Å²) < 4.78 is 37.1. The van der Waals surface area contributed by atoms with E-state index in [0.29, 0.717) is 19.2 Å². The van der Waals surface area contributed by atoms with Crippen molar-refractivity contribution in [1.82, 2.24) is 9.88 Å². The molecule has 1 aliphatic rings. The molecule has 0 bridgehead atoms. The van der Waals surface area contributed by atoms with Crippen LogP contribution in [0.4, 0.5) is 13.2 Å². The number of hydrogen-bond donors (Lipinski definition) is 1. The summed E-state index contributed by atoms with van der Waals surface area (Å²) >= 11 is 0. The van der Waals surface area contributed by atoms with Crippen molar-refractivity contribution in [3.05, 3.63) is 29.6 Å². The van der Waals surface area contributed by atoms with Crippen LogP contribution >= 0.6 is 0 Å². The second-order valence-electron chi connectivity index (χ2n) is 4.41. The van der Waals surface area contributed by atoms with Gasteiger partial charge in [0.05, 0.1) is 18.2 Å². The molecule has 104 valence electrons. The van der Waals surface area contributed by atoms with Gasteiger partial charge in [0.15, 0.2) is 0 Å². The highest BCUT2D eigenvalue weighted by atomic mass is 19.4. The van der Waals surface area contributed by atoms with E-state index < -0.39 is 17.6 Å². The first-order chi connectivity index (χ1) is 8.93. The average molecular weight is 274 g/mol. The van der Waals surface area contributed by atoms with Crippen LogP contribution in [0.3, 0.4) is 0 Å². The predicted octanol–water partition coefficient (Wildman–Crippen LogP) is 1.70. The number of aliphatic hydroxyl groups excluding tert-OH is 1. The van der Waals surface area contributed by atoms with Crippen molar-refractivity contribution >= 4 is 5.91 Å². The first-order valence-electron chi connectivity index (χ1n) is 5.88. The molecule has 1 aromatic rings. The van der Waals surface area contributed by atoms with Crippen molar-refractivity contribution in [1.29, 1.82) is 0 Å². The summed E-state index contributed by atoms with van der Waals surface area (Å²) in [6, 6.07) is 1.64. The minimum atomic E-state index is -4.46. The topological polar surface area (TPSA) is 53.4 Å². The van der Waals surface area contributed by atoms with E-state index in [1.807, 2.05) is 0 Å². The Balaban J connectivity index is 2.16. The Kier molecular flexibility index (Phi) is 3.75. The Hall–Kier alpha value is -1.63. The third-order valence-electron chi connectivity index (χ3n) is 3.16. The van der Waals surface area contributed by atoms with Crippen LogP contribution < -0.4 is 0 Å². The van der Waals surface area contributed by atoms with E-state index in [-0.39, 0.29) is 18.3 Å². The molecule has 4 nitrogen and oxygen atoms in total. The fourth-order valence-corrected chi connectivity index (χ4v) is 2.13. The molecular formula is C12H13F3N2O2. The number of aliphatic hydroxyl groups is 1. The van der Waals surface area contributed by atoms with Gasteiger partial charge in [-0.25, -0.2) is 0 Å². The second-order valence-corrected chi connectivity index (χ2v) is 4.41. The lowest BCUT2D eigenvalue weighted by atomic mass is 10.2. The highest BCUT2D eigenvalue weighted by Gasteiger charge is 2.32. The zero-order valence-electron chi connectivity index (χ0n) is 10.0. The van der Waals surface area contributed by atoms with Gasteiger partial charge < -0.3 is 10.0 Å². The number of hydrogen-bond acceptors (Lipinski definition) is 3. The Labute approximate surface area is 107 Å². The highest BCUT2D eigenvalue weighted by molar-refractivity contribution is 5.92. The molecule has 1 saturated heterocycles. The van der Waals surface area contributed by atoms with Crippen LogP contribution in [0, 0.1) is 0 Å². The molecule has 0 aliphatic carbocycles. The molecule has 0 aromatic carbocycles. The maximum atomic E-state index is 12.4. The van der Waals surface area contributed by atoms with Crippen LogP contribution in [0.1, 0.15) is 28.9 Å². The number of alkyl halides is 3. The molecule has 7 heteroatoms. The minimum absolute atomic E-state index is 0.0339. The van der Waals surface area contributed by atoms with Gasteiger partial charge in [-0.2, -0.15) is 13.2 Å².